The Morgan fingerprint density at radius 3 is 2.58 bits per heavy atom. The van der Waals surface area contributed by atoms with E-state index in [4.69, 9.17) is 5.41 Å². The van der Waals surface area contributed by atoms with Gasteiger partial charge in [0.15, 0.2) is 0 Å². The predicted molar refractivity (Wildman–Crippen MR) is 213 cm³/mol. The van der Waals surface area contributed by atoms with Crippen LogP contribution in [0.15, 0.2) is 83.4 Å². The molecule has 10 heteroatoms. The number of hydrogen-bond donors (Lipinski definition) is 3. The van der Waals surface area contributed by atoms with Crippen LogP contribution in [0.2, 0.25) is 0 Å². The number of hydrogen-bond acceptors (Lipinski definition) is 6. The summed E-state index contributed by atoms with van der Waals surface area (Å²) in [4.78, 5) is 46.5. The highest BCUT2D eigenvalue weighted by atomic mass is 16.2. The zero-order valence-corrected chi connectivity index (χ0v) is 31.2. The van der Waals surface area contributed by atoms with Crippen molar-refractivity contribution in [3.63, 3.8) is 0 Å². The van der Waals surface area contributed by atoms with E-state index in [9.17, 15) is 14.4 Å². The lowest BCUT2D eigenvalue weighted by molar-refractivity contribution is -0.113. The molecule has 0 bridgehead atoms. The number of aromatic nitrogens is 3. The van der Waals surface area contributed by atoms with E-state index < -0.39 is 5.69 Å². The van der Waals surface area contributed by atoms with Crippen molar-refractivity contribution >= 4 is 34.8 Å². The Hall–Kier alpha value is -5.69. The quantitative estimate of drug-likeness (QED) is 0.120. The number of allylic oxidation sites excluding steroid dienone is 1. The van der Waals surface area contributed by atoms with E-state index in [0.717, 1.165) is 42.7 Å². The molecule has 1 saturated carbocycles. The van der Waals surface area contributed by atoms with Crippen LogP contribution in [0.25, 0.3) is 11.4 Å². The van der Waals surface area contributed by atoms with E-state index in [1.807, 2.05) is 31.3 Å². The van der Waals surface area contributed by atoms with Gasteiger partial charge in [-0.25, -0.2) is 14.3 Å². The molecule has 3 N–H and O–H groups in total. The SMILES string of the molecule is CCCc1ccnc(NC(=O)c2ccc(-n3c4c(n(-c5cccc(N(C)C(=O)C#CCCC(C)CCC6CC6)c5)c3=O)NC=C(CC)CC4=N)cc2)c1. The summed E-state index contributed by atoms with van der Waals surface area (Å²) in [6, 6.07) is 17.8. The van der Waals surface area contributed by atoms with Crippen LogP contribution in [0.3, 0.4) is 0 Å². The van der Waals surface area contributed by atoms with Gasteiger partial charge in [0.05, 0.1) is 17.1 Å². The number of carbonyl (C=O) groups excluding carboxylic acids is 2. The van der Waals surface area contributed by atoms with E-state index >= 15 is 0 Å². The van der Waals surface area contributed by atoms with Crippen molar-refractivity contribution in [3.8, 4) is 23.2 Å². The molecular formula is C43H49N7O3. The van der Waals surface area contributed by atoms with Crippen molar-refractivity contribution in [1.29, 1.82) is 5.41 Å². The van der Waals surface area contributed by atoms with Gasteiger partial charge in [0.2, 0.25) is 0 Å². The summed E-state index contributed by atoms with van der Waals surface area (Å²) in [5, 5.41) is 15.3. The maximum atomic E-state index is 14.4. The molecular weight excluding hydrogens is 663 g/mol. The molecule has 2 aromatic heterocycles. The molecule has 0 spiro atoms. The third kappa shape index (κ3) is 8.86. The minimum atomic E-state index is -0.392. The molecule has 1 unspecified atom stereocenters. The number of nitrogens with one attached hydrogen (secondary N) is 3. The van der Waals surface area contributed by atoms with Crippen LogP contribution in [0, 0.1) is 29.1 Å². The first-order valence-electron chi connectivity index (χ1n) is 18.8. The number of fused-ring (bicyclic) bond motifs is 1. The number of rotatable bonds is 13. The third-order valence-electron chi connectivity index (χ3n) is 10.1. The van der Waals surface area contributed by atoms with Crippen LogP contribution >= 0.6 is 0 Å². The Balaban J connectivity index is 1.26. The molecule has 10 nitrogen and oxygen atoms in total. The van der Waals surface area contributed by atoms with Crippen LogP contribution in [0.5, 0.6) is 0 Å². The smallest absolute Gasteiger partial charge is 0.339 e. The maximum absolute atomic E-state index is 14.4. The summed E-state index contributed by atoms with van der Waals surface area (Å²) < 4.78 is 3.04. The zero-order chi connectivity index (χ0) is 37.5. The molecule has 53 heavy (non-hydrogen) atoms. The van der Waals surface area contributed by atoms with E-state index in [-0.39, 0.29) is 17.5 Å². The molecule has 4 aromatic rings. The van der Waals surface area contributed by atoms with Crippen LogP contribution in [0.1, 0.15) is 100 Å². The fourth-order valence-electron chi connectivity index (χ4n) is 6.66. The lowest BCUT2D eigenvalue weighted by Crippen LogP contribution is -2.26. The Labute approximate surface area is 311 Å². The number of carbonyl (C=O) groups is 2. The fourth-order valence-corrected chi connectivity index (χ4v) is 6.66. The van der Waals surface area contributed by atoms with Crippen molar-refractivity contribution in [2.24, 2.45) is 11.8 Å². The minimum absolute atomic E-state index is 0.286. The molecule has 2 amide bonds. The van der Waals surface area contributed by atoms with Gasteiger partial charge >= 0.3 is 11.6 Å². The van der Waals surface area contributed by atoms with Crippen LogP contribution < -0.4 is 21.2 Å². The molecule has 2 aliphatic rings. The van der Waals surface area contributed by atoms with E-state index in [1.165, 1.54) is 39.7 Å². The molecule has 6 rings (SSSR count). The van der Waals surface area contributed by atoms with Crippen LogP contribution in [0.4, 0.5) is 17.3 Å². The second kappa shape index (κ2) is 16.8. The molecule has 274 valence electrons. The first-order chi connectivity index (χ1) is 25.7. The van der Waals surface area contributed by atoms with Gasteiger partial charge in [0.1, 0.15) is 17.3 Å². The van der Waals surface area contributed by atoms with Gasteiger partial charge in [-0.3, -0.25) is 14.2 Å². The summed E-state index contributed by atoms with van der Waals surface area (Å²) in [7, 11) is 1.68. The third-order valence-corrected chi connectivity index (χ3v) is 10.1. The molecule has 1 fully saturated rings. The second-order valence-corrected chi connectivity index (χ2v) is 14.3. The normalized spacial score (nSPS) is 14.2. The van der Waals surface area contributed by atoms with Gasteiger partial charge in [-0.15, -0.1) is 0 Å². The minimum Gasteiger partial charge on any atom is -0.346 e. The highest BCUT2D eigenvalue weighted by Crippen LogP contribution is 2.35. The summed E-state index contributed by atoms with van der Waals surface area (Å²) in [5.41, 5.74) is 4.48. The Kier molecular flexibility index (Phi) is 11.7. The van der Waals surface area contributed by atoms with Gasteiger partial charge in [-0.05, 0) is 103 Å². The van der Waals surface area contributed by atoms with Crippen molar-refractivity contribution < 1.29 is 9.59 Å². The van der Waals surface area contributed by atoms with Gasteiger partial charge < -0.3 is 20.9 Å². The summed E-state index contributed by atoms with van der Waals surface area (Å²) in [6.07, 6.45) is 13.5. The molecule has 0 saturated heterocycles. The highest BCUT2D eigenvalue weighted by molar-refractivity contribution is 6.06. The number of aryl methyl sites for hydroxylation is 1. The van der Waals surface area contributed by atoms with Crippen molar-refractivity contribution in [1.82, 2.24) is 14.1 Å². The average Bonchev–Trinajstić information content (AvgIpc) is 3.97. The molecule has 3 heterocycles. The molecule has 1 aliphatic heterocycles. The Morgan fingerprint density at radius 1 is 1.06 bits per heavy atom. The van der Waals surface area contributed by atoms with Gasteiger partial charge in [0, 0.05) is 43.5 Å². The summed E-state index contributed by atoms with van der Waals surface area (Å²) in [6.45, 7) is 6.39. The van der Waals surface area contributed by atoms with E-state index in [2.05, 4.69) is 41.3 Å². The number of anilines is 3. The van der Waals surface area contributed by atoms with E-state index in [0.29, 0.717) is 58.7 Å². The highest BCUT2D eigenvalue weighted by Gasteiger charge is 2.28. The van der Waals surface area contributed by atoms with Gasteiger partial charge in [0.25, 0.3) is 5.91 Å². The lowest BCUT2D eigenvalue weighted by atomic mass is 9.98. The van der Waals surface area contributed by atoms with Gasteiger partial charge in [-0.2, -0.15) is 0 Å². The number of imidazole rings is 1. The van der Waals surface area contributed by atoms with E-state index in [1.54, 1.807) is 55.7 Å². The monoisotopic (exact) mass is 711 g/mol. The number of amides is 2. The number of nitrogens with zero attached hydrogens (tertiary/aromatic N) is 4. The Bertz CT molecular complexity index is 2140. The van der Waals surface area contributed by atoms with Crippen molar-refractivity contribution in [3.05, 3.63) is 106 Å². The average molecular weight is 712 g/mol. The molecule has 1 atom stereocenters. The summed E-state index contributed by atoms with van der Waals surface area (Å²) >= 11 is 0. The fraction of sp³-hybridized carbons (Fsp3) is 0.372. The molecule has 1 aliphatic carbocycles. The number of benzene rings is 2. The number of pyridine rings is 1. The first kappa shape index (κ1) is 37.1. The summed E-state index contributed by atoms with van der Waals surface area (Å²) in [5.74, 6) is 7.70. The standard InChI is InChI=1S/C43H49N7O3/c1-5-10-32-23-24-45-38(26-32)47-42(52)33-19-21-34(22-20-33)49-40-37(44)25-30(6-2)28-46-41(40)50(43(49)53)36-13-9-12-35(27-36)48(4)39(51)14-8-7-11-29(3)15-16-31-17-18-31/h9,12-13,19-24,26-29,31,44,46H,5-7,10-11,15-18,25H2,1-4H3,(H,45,47,52). The molecule has 0 radical (unpaired) electrons. The van der Waals surface area contributed by atoms with Crippen molar-refractivity contribution in [2.75, 3.05) is 22.6 Å². The van der Waals surface area contributed by atoms with Crippen LogP contribution in [-0.4, -0.2) is 38.7 Å². The van der Waals surface area contributed by atoms with Crippen LogP contribution in [-0.2, 0) is 11.2 Å². The first-order valence-corrected chi connectivity index (χ1v) is 18.8. The van der Waals surface area contributed by atoms with Gasteiger partial charge in [-0.1, -0.05) is 64.9 Å². The van der Waals surface area contributed by atoms with Crippen molar-refractivity contribution in [2.45, 2.75) is 85.0 Å². The predicted octanol–water partition coefficient (Wildman–Crippen LogP) is 8.28. The molecule has 2 aromatic carbocycles. The Morgan fingerprint density at radius 2 is 1.85 bits per heavy atom. The second-order valence-electron chi connectivity index (χ2n) is 14.3. The lowest BCUT2D eigenvalue weighted by Gasteiger charge is -2.16. The maximum Gasteiger partial charge on any atom is 0.339 e. The topological polar surface area (TPSA) is 125 Å². The largest absolute Gasteiger partial charge is 0.346 e. The zero-order valence-electron chi connectivity index (χ0n) is 31.2.